The van der Waals surface area contributed by atoms with E-state index in [0.29, 0.717) is 10.7 Å². The van der Waals surface area contributed by atoms with Gasteiger partial charge in [-0.3, -0.25) is 15.0 Å². The van der Waals surface area contributed by atoms with Crippen LogP contribution in [0.4, 0.5) is 5.69 Å². The summed E-state index contributed by atoms with van der Waals surface area (Å²) in [5.41, 5.74) is 7.43. The fourth-order valence-electron chi connectivity index (χ4n) is 1.99. The molecule has 6 nitrogen and oxygen atoms in total. The molecule has 7 heteroatoms. The van der Waals surface area contributed by atoms with Crippen LogP contribution in [0.3, 0.4) is 0 Å². The molecule has 1 aliphatic rings. The lowest BCUT2D eigenvalue weighted by Gasteiger charge is -2.22. The lowest BCUT2D eigenvalue weighted by atomic mass is 10.2. The second kappa shape index (κ2) is 7.29. The molecule has 1 heterocycles. The fraction of sp³-hybridized carbons (Fsp3) is 0.333. The predicted octanol–water partition coefficient (Wildman–Crippen LogP) is 1.43. The molecule has 0 radical (unpaired) electrons. The Balaban J connectivity index is 1.87. The van der Waals surface area contributed by atoms with Crippen LogP contribution >= 0.6 is 11.6 Å². The summed E-state index contributed by atoms with van der Waals surface area (Å²) in [6, 6.07) is 5.10. The van der Waals surface area contributed by atoms with Crippen molar-refractivity contribution < 1.29 is 9.59 Å². The SMILES string of the molecule is Cc1ccc(Cl)cc1NC(=O)C(=O)NNC1=CCN(C)CC1. The van der Waals surface area contributed by atoms with E-state index < -0.39 is 11.8 Å². The van der Waals surface area contributed by atoms with Crippen molar-refractivity contribution in [3.8, 4) is 0 Å². The number of hydrazine groups is 1. The predicted molar refractivity (Wildman–Crippen MR) is 86.3 cm³/mol. The molecular weight excluding hydrogens is 304 g/mol. The second-order valence-corrected chi connectivity index (χ2v) is 5.67. The quantitative estimate of drug-likeness (QED) is 0.581. The Morgan fingerprint density at radius 3 is 2.73 bits per heavy atom. The molecule has 0 saturated heterocycles. The summed E-state index contributed by atoms with van der Waals surface area (Å²) < 4.78 is 0. The van der Waals surface area contributed by atoms with Gasteiger partial charge >= 0.3 is 11.8 Å². The number of carbonyl (C=O) groups is 2. The summed E-state index contributed by atoms with van der Waals surface area (Å²) in [7, 11) is 2.02. The van der Waals surface area contributed by atoms with E-state index in [1.807, 2.05) is 20.0 Å². The third-order valence-electron chi connectivity index (χ3n) is 3.40. The van der Waals surface area contributed by atoms with E-state index in [1.165, 1.54) is 0 Å². The zero-order valence-corrected chi connectivity index (χ0v) is 13.3. The van der Waals surface area contributed by atoms with Gasteiger partial charge in [-0.05, 0) is 37.7 Å². The maximum atomic E-state index is 11.9. The lowest BCUT2D eigenvalue weighted by Crippen LogP contribution is -2.44. The molecule has 0 unspecified atom stereocenters. The molecular formula is C15H19ClN4O2. The minimum atomic E-state index is -0.751. The Bertz CT molecular complexity index is 616. The van der Waals surface area contributed by atoms with Crippen molar-refractivity contribution in [3.63, 3.8) is 0 Å². The maximum Gasteiger partial charge on any atom is 0.327 e. The molecule has 1 aromatic carbocycles. The van der Waals surface area contributed by atoms with Gasteiger partial charge in [-0.15, -0.1) is 0 Å². The third-order valence-corrected chi connectivity index (χ3v) is 3.64. The van der Waals surface area contributed by atoms with E-state index in [1.54, 1.807) is 18.2 Å². The zero-order chi connectivity index (χ0) is 16.1. The van der Waals surface area contributed by atoms with E-state index in [4.69, 9.17) is 11.6 Å². The number of rotatable bonds is 3. The molecule has 0 aliphatic carbocycles. The van der Waals surface area contributed by atoms with E-state index in [0.717, 1.165) is 30.8 Å². The van der Waals surface area contributed by atoms with Crippen LogP contribution in [0.5, 0.6) is 0 Å². The molecule has 0 saturated carbocycles. The van der Waals surface area contributed by atoms with Crippen LogP contribution in [0.15, 0.2) is 30.0 Å². The molecule has 0 bridgehead atoms. The number of nitrogens with zero attached hydrogens (tertiary/aromatic N) is 1. The van der Waals surface area contributed by atoms with Gasteiger partial charge in [0.1, 0.15) is 0 Å². The lowest BCUT2D eigenvalue weighted by molar-refractivity contribution is -0.136. The van der Waals surface area contributed by atoms with Crippen LogP contribution in [0.25, 0.3) is 0 Å². The molecule has 0 fully saturated rings. The van der Waals surface area contributed by atoms with Gasteiger partial charge in [0.2, 0.25) is 0 Å². The summed E-state index contributed by atoms with van der Waals surface area (Å²) in [6.45, 7) is 3.54. The zero-order valence-electron chi connectivity index (χ0n) is 12.6. The van der Waals surface area contributed by atoms with Crippen molar-refractivity contribution in [2.75, 3.05) is 25.5 Å². The van der Waals surface area contributed by atoms with Gasteiger partial charge in [-0.2, -0.15) is 0 Å². The maximum absolute atomic E-state index is 11.9. The highest BCUT2D eigenvalue weighted by Crippen LogP contribution is 2.19. The summed E-state index contributed by atoms with van der Waals surface area (Å²) in [5, 5.41) is 3.04. The normalized spacial score (nSPS) is 15.0. The van der Waals surface area contributed by atoms with E-state index in [-0.39, 0.29) is 0 Å². The van der Waals surface area contributed by atoms with Gasteiger partial charge in [0.25, 0.3) is 0 Å². The number of halogens is 1. The number of hydrogen-bond acceptors (Lipinski definition) is 4. The van der Waals surface area contributed by atoms with Crippen molar-refractivity contribution in [2.45, 2.75) is 13.3 Å². The topological polar surface area (TPSA) is 73.5 Å². The van der Waals surface area contributed by atoms with Crippen LogP contribution in [0.2, 0.25) is 5.02 Å². The van der Waals surface area contributed by atoms with Crippen molar-refractivity contribution in [3.05, 3.63) is 40.6 Å². The Morgan fingerprint density at radius 2 is 2.05 bits per heavy atom. The Hall–Kier alpha value is -2.05. The van der Waals surface area contributed by atoms with Crippen molar-refractivity contribution in [1.82, 2.24) is 15.8 Å². The third kappa shape index (κ3) is 4.47. The minimum Gasteiger partial charge on any atom is -0.317 e. The van der Waals surface area contributed by atoms with Gasteiger partial charge < -0.3 is 15.6 Å². The highest BCUT2D eigenvalue weighted by Gasteiger charge is 2.15. The number of carbonyl (C=O) groups excluding carboxylic acids is 2. The van der Waals surface area contributed by atoms with Crippen LogP contribution < -0.4 is 16.2 Å². The molecule has 3 N–H and O–H groups in total. The fourth-order valence-corrected chi connectivity index (χ4v) is 2.16. The number of nitrogens with one attached hydrogen (secondary N) is 3. The number of aryl methyl sites for hydroxylation is 1. The number of anilines is 1. The average molecular weight is 323 g/mol. The van der Waals surface area contributed by atoms with Gasteiger partial charge in [-0.25, -0.2) is 0 Å². The summed E-state index contributed by atoms with van der Waals surface area (Å²) in [6.07, 6.45) is 2.77. The van der Waals surface area contributed by atoms with Crippen molar-refractivity contribution in [2.24, 2.45) is 0 Å². The number of amides is 2. The van der Waals surface area contributed by atoms with E-state index >= 15 is 0 Å². The Kier molecular flexibility index (Phi) is 5.41. The molecule has 118 valence electrons. The molecule has 1 aliphatic heterocycles. The highest BCUT2D eigenvalue weighted by atomic mass is 35.5. The highest BCUT2D eigenvalue weighted by molar-refractivity contribution is 6.39. The van der Waals surface area contributed by atoms with Crippen LogP contribution in [0.1, 0.15) is 12.0 Å². The van der Waals surface area contributed by atoms with Crippen LogP contribution in [-0.4, -0.2) is 36.9 Å². The smallest absolute Gasteiger partial charge is 0.317 e. The minimum absolute atomic E-state index is 0.496. The second-order valence-electron chi connectivity index (χ2n) is 5.23. The average Bonchev–Trinajstić information content (AvgIpc) is 2.50. The van der Waals surface area contributed by atoms with Crippen molar-refractivity contribution >= 4 is 29.1 Å². The summed E-state index contributed by atoms with van der Waals surface area (Å²) in [5.74, 6) is -1.49. The molecule has 2 amide bonds. The molecule has 22 heavy (non-hydrogen) atoms. The standard InChI is InChI=1S/C15H19ClN4O2/c1-10-3-4-11(16)9-13(10)17-14(21)15(22)19-18-12-5-7-20(2)8-6-12/h3-5,9,18H,6-8H2,1-2H3,(H,17,21)(H,19,22). The monoisotopic (exact) mass is 322 g/mol. The van der Waals surface area contributed by atoms with Crippen LogP contribution in [-0.2, 0) is 9.59 Å². The van der Waals surface area contributed by atoms with E-state index in [9.17, 15) is 9.59 Å². The first kappa shape index (κ1) is 16.3. The number of likely N-dealkylation sites (N-methyl/N-ethyl adjacent to an activating group) is 1. The van der Waals surface area contributed by atoms with Crippen LogP contribution in [0, 0.1) is 6.92 Å². The van der Waals surface area contributed by atoms with E-state index in [2.05, 4.69) is 21.1 Å². The van der Waals surface area contributed by atoms with Gasteiger partial charge in [0.15, 0.2) is 0 Å². The summed E-state index contributed by atoms with van der Waals surface area (Å²) in [4.78, 5) is 25.8. The molecule has 0 spiro atoms. The molecule has 0 aromatic heterocycles. The Morgan fingerprint density at radius 1 is 1.27 bits per heavy atom. The van der Waals surface area contributed by atoms with Gasteiger partial charge in [-0.1, -0.05) is 17.7 Å². The first-order valence-electron chi connectivity index (χ1n) is 6.97. The summed E-state index contributed by atoms with van der Waals surface area (Å²) >= 11 is 5.88. The number of hydrogen-bond donors (Lipinski definition) is 3. The molecule has 1 aromatic rings. The molecule has 0 atom stereocenters. The first-order valence-corrected chi connectivity index (χ1v) is 7.34. The largest absolute Gasteiger partial charge is 0.327 e. The van der Waals surface area contributed by atoms with Gasteiger partial charge in [0, 0.05) is 35.9 Å². The van der Waals surface area contributed by atoms with Gasteiger partial charge in [0.05, 0.1) is 0 Å². The number of benzene rings is 1. The van der Waals surface area contributed by atoms with Crippen molar-refractivity contribution in [1.29, 1.82) is 0 Å². The molecule has 2 rings (SSSR count). The first-order chi connectivity index (χ1) is 10.5. The Labute approximate surface area is 134 Å².